The van der Waals surface area contributed by atoms with Gasteiger partial charge in [0.05, 0.1) is 16.6 Å². The van der Waals surface area contributed by atoms with Crippen molar-refractivity contribution in [1.82, 2.24) is 4.98 Å². The quantitative estimate of drug-likeness (QED) is 0.327. The maximum atomic E-state index is 13.5. The van der Waals surface area contributed by atoms with Gasteiger partial charge in [-0.25, -0.2) is 4.39 Å². The molecule has 0 N–H and O–H groups in total. The number of ether oxygens (including phenoxy) is 1. The van der Waals surface area contributed by atoms with E-state index in [1.165, 1.54) is 6.07 Å². The maximum absolute atomic E-state index is 13.5. The Kier molecular flexibility index (Phi) is 9.42. The number of aromatic nitrogens is 1. The van der Waals surface area contributed by atoms with Crippen LogP contribution in [-0.4, -0.2) is 11.0 Å². The molecule has 0 saturated heterocycles. The van der Waals surface area contributed by atoms with Gasteiger partial charge in [0.2, 0.25) is 0 Å². The minimum Gasteiger partial charge on any atom is -0.545 e. The third-order valence-corrected chi connectivity index (χ3v) is 6.32. The predicted molar refractivity (Wildman–Crippen MR) is 121 cm³/mol. The number of aromatic carboxylic acids is 1. The van der Waals surface area contributed by atoms with Crippen molar-refractivity contribution in [2.45, 2.75) is 38.2 Å². The molecule has 0 spiro atoms. The van der Waals surface area contributed by atoms with E-state index in [1.807, 2.05) is 0 Å². The van der Waals surface area contributed by atoms with Gasteiger partial charge in [0.15, 0.2) is 5.69 Å². The van der Waals surface area contributed by atoms with Crippen molar-refractivity contribution in [3.05, 3.63) is 93.0 Å². The number of benzene rings is 2. The summed E-state index contributed by atoms with van der Waals surface area (Å²) in [6, 6.07) is 7.10. The standard InChI is InChI=1S/C26H17ClF7NO3.Na/c27-21-10-16(28)6-4-13(21)12-38-22-7-5-15(25(29,30)31)9-19(22)18-3-1-2-17(18)14-8-20(24(36)37)23(35-11-14)26(32,33)34;/h4-11H,1-3,12H2,(H,36,37);/q;+1/p-1. The van der Waals surface area contributed by atoms with E-state index in [0.29, 0.717) is 23.1 Å². The minimum absolute atomic E-state index is 0. The molecule has 0 aliphatic heterocycles. The first-order valence-corrected chi connectivity index (χ1v) is 11.4. The minimum atomic E-state index is -5.05. The summed E-state index contributed by atoms with van der Waals surface area (Å²) in [6.45, 7) is -0.212. The van der Waals surface area contributed by atoms with Gasteiger partial charge in [-0.15, -0.1) is 0 Å². The predicted octanol–water partition coefficient (Wildman–Crippen LogP) is 3.95. The molecule has 0 radical (unpaired) electrons. The molecular formula is C26H16ClF7NNaO3. The van der Waals surface area contributed by atoms with Gasteiger partial charge in [-0.05, 0) is 72.4 Å². The number of hydrogen-bond acceptors (Lipinski definition) is 4. The van der Waals surface area contributed by atoms with Crippen LogP contribution in [0.15, 0.2) is 48.7 Å². The van der Waals surface area contributed by atoms with E-state index >= 15 is 0 Å². The number of carboxylic acids is 1. The number of halogens is 8. The SMILES string of the molecule is O=C([O-])c1cc(C2=C(c3cc(C(F)(F)F)ccc3OCc3ccc(F)cc3Cl)CCC2)cnc1C(F)(F)F.[Na+]. The van der Waals surface area contributed by atoms with E-state index < -0.39 is 41.0 Å². The second kappa shape index (κ2) is 11.9. The van der Waals surface area contributed by atoms with E-state index in [4.69, 9.17) is 16.3 Å². The van der Waals surface area contributed by atoms with Gasteiger partial charge >= 0.3 is 41.9 Å². The Bertz CT molecular complexity index is 1440. The van der Waals surface area contributed by atoms with Crippen LogP contribution in [0, 0.1) is 5.82 Å². The van der Waals surface area contributed by atoms with Crippen molar-refractivity contribution in [1.29, 1.82) is 0 Å². The summed E-state index contributed by atoms with van der Waals surface area (Å²) < 4.78 is 99.4. The topological polar surface area (TPSA) is 62.2 Å². The summed E-state index contributed by atoms with van der Waals surface area (Å²) >= 11 is 6.02. The Morgan fingerprint density at radius 3 is 2.28 bits per heavy atom. The molecule has 0 bridgehead atoms. The molecule has 39 heavy (non-hydrogen) atoms. The molecular weight excluding hydrogens is 566 g/mol. The number of hydrogen-bond donors (Lipinski definition) is 0. The largest absolute Gasteiger partial charge is 1.00 e. The molecule has 3 aromatic rings. The molecule has 0 saturated carbocycles. The van der Waals surface area contributed by atoms with Crippen molar-refractivity contribution < 1.29 is 74.9 Å². The number of nitrogens with zero attached hydrogens (tertiary/aromatic N) is 1. The Morgan fingerprint density at radius 2 is 1.67 bits per heavy atom. The van der Waals surface area contributed by atoms with Crippen LogP contribution in [0.3, 0.4) is 0 Å². The average molecular weight is 582 g/mol. The van der Waals surface area contributed by atoms with Crippen LogP contribution in [0.1, 0.15) is 57.6 Å². The smallest absolute Gasteiger partial charge is 0.545 e. The van der Waals surface area contributed by atoms with Crippen LogP contribution in [0.2, 0.25) is 5.02 Å². The molecule has 200 valence electrons. The molecule has 0 fully saturated rings. The number of carbonyl (C=O) groups excluding carboxylic acids is 1. The molecule has 1 aliphatic carbocycles. The second-order valence-electron chi connectivity index (χ2n) is 8.45. The molecule has 4 rings (SSSR count). The van der Waals surface area contributed by atoms with Crippen molar-refractivity contribution >= 4 is 28.7 Å². The van der Waals surface area contributed by atoms with E-state index in [9.17, 15) is 40.6 Å². The van der Waals surface area contributed by atoms with Crippen LogP contribution >= 0.6 is 11.6 Å². The van der Waals surface area contributed by atoms with Crippen molar-refractivity contribution in [2.24, 2.45) is 0 Å². The first-order valence-electron chi connectivity index (χ1n) is 11.0. The fourth-order valence-electron chi connectivity index (χ4n) is 4.23. The fraction of sp³-hybridized carbons (Fsp3) is 0.231. The van der Waals surface area contributed by atoms with E-state index in [2.05, 4.69) is 4.98 Å². The Balaban J connectivity index is 0.00000420. The summed E-state index contributed by atoms with van der Waals surface area (Å²) in [5, 5.41) is 11.5. The Morgan fingerprint density at radius 1 is 0.974 bits per heavy atom. The fourth-order valence-corrected chi connectivity index (χ4v) is 4.45. The van der Waals surface area contributed by atoms with Crippen molar-refractivity contribution in [3.63, 3.8) is 0 Å². The van der Waals surface area contributed by atoms with Crippen molar-refractivity contribution in [2.75, 3.05) is 0 Å². The van der Waals surface area contributed by atoms with Gasteiger partial charge in [0.25, 0.3) is 0 Å². The molecule has 1 heterocycles. The van der Waals surface area contributed by atoms with Crippen LogP contribution in [0.4, 0.5) is 30.7 Å². The maximum Gasteiger partial charge on any atom is 1.00 e. The summed E-state index contributed by atoms with van der Waals surface area (Å²) in [7, 11) is 0. The average Bonchev–Trinajstić information content (AvgIpc) is 3.31. The summed E-state index contributed by atoms with van der Waals surface area (Å²) in [6.07, 6.45) is -8.00. The number of alkyl halides is 6. The van der Waals surface area contributed by atoms with Crippen LogP contribution in [-0.2, 0) is 19.0 Å². The zero-order chi connectivity index (χ0) is 27.8. The van der Waals surface area contributed by atoms with Gasteiger partial charge < -0.3 is 14.6 Å². The number of allylic oxidation sites excluding steroid dienone is 2. The third kappa shape index (κ3) is 6.95. The molecule has 0 unspecified atom stereocenters. The zero-order valence-corrected chi connectivity index (χ0v) is 22.9. The summed E-state index contributed by atoms with van der Waals surface area (Å²) in [4.78, 5) is 14.7. The summed E-state index contributed by atoms with van der Waals surface area (Å²) in [5.74, 6) is -2.66. The van der Waals surface area contributed by atoms with E-state index in [0.717, 1.165) is 42.6 Å². The summed E-state index contributed by atoms with van der Waals surface area (Å²) in [5.41, 5.74) is -2.74. The first-order chi connectivity index (χ1) is 17.8. The van der Waals surface area contributed by atoms with Crippen LogP contribution in [0.25, 0.3) is 11.1 Å². The van der Waals surface area contributed by atoms with Crippen LogP contribution < -0.4 is 39.4 Å². The van der Waals surface area contributed by atoms with E-state index in [-0.39, 0.29) is 70.9 Å². The monoisotopic (exact) mass is 581 g/mol. The number of rotatable bonds is 6. The Hall–Kier alpha value is -2.60. The normalized spacial score (nSPS) is 13.8. The molecule has 2 aromatic carbocycles. The van der Waals surface area contributed by atoms with Gasteiger partial charge in [-0.1, -0.05) is 17.7 Å². The molecule has 4 nitrogen and oxygen atoms in total. The van der Waals surface area contributed by atoms with Gasteiger partial charge in [0, 0.05) is 22.9 Å². The van der Waals surface area contributed by atoms with Gasteiger partial charge in [-0.3, -0.25) is 4.98 Å². The van der Waals surface area contributed by atoms with Gasteiger partial charge in [0.1, 0.15) is 18.2 Å². The molecule has 13 heteroatoms. The number of carbonyl (C=O) groups is 1. The van der Waals surface area contributed by atoms with Crippen molar-refractivity contribution in [3.8, 4) is 5.75 Å². The molecule has 1 aromatic heterocycles. The number of carboxylic acid groups (broad SMARTS) is 1. The Labute approximate surface area is 244 Å². The second-order valence-corrected chi connectivity index (χ2v) is 8.86. The third-order valence-electron chi connectivity index (χ3n) is 5.97. The molecule has 1 aliphatic rings. The van der Waals surface area contributed by atoms with E-state index in [1.54, 1.807) is 0 Å². The first kappa shape index (κ1) is 30.9. The van der Waals surface area contributed by atoms with Crippen LogP contribution in [0.5, 0.6) is 5.75 Å². The molecule has 0 amide bonds. The number of pyridine rings is 1. The molecule has 0 atom stereocenters. The van der Waals surface area contributed by atoms with Gasteiger partial charge in [-0.2, -0.15) is 26.3 Å². The zero-order valence-electron chi connectivity index (χ0n) is 20.1.